The number of nitrogens with zero attached hydrogens (tertiary/aromatic N) is 1. The Labute approximate surface area is 130 Å². The predicted octanol–water partition coefficient (Wildman–Crippen LogP) is 3.58. The van der Waals surface area contributed by atoms with E-state index in [0.29, 0.717) is 11.3 Å². The molecule has 0 aliphatic rings. The van der Waals surface area contributed by atoms with Crippen molar-refractivity contribution < 1.29 is 9.53 Å². The van der Waals surface area contributed by atoms with Gasteiger partial charge in [-0.2, -0.15) is 5.26 Å². The molecule has 0 fully saturated rings. The summed E-state index contributed by atoms with van der Waals surface area (Å²) in [5, 5.41) is 11.9. The molecule has 2 aromatic carbocycles. The lowest BCUT2D eigenvalue weighted by Gasteiger charge is -2.16. The zero-order chi connectivity index (χ0) is 16.1. The van der Waals surface area contributed by atoms with Gasteiger partial charge in [0.2, 0.25) is 0 Å². The second-order valence-electron chi connectivity index (χ2n) is 5.18. The number of benzene rings is 2. The molecule has 1 atom stereocenters. The van der Waals surface area contributed by atoms with Crippen molar-refractivity contribution in [2.75, 3.05) is 5.32 Å². The third-order valence-corrected chi connectivity index (χ3v) is 3.33. The van der Waals surface area contributed by atoms with E-state index in [4.69, 9.17) is 10.00 Å². The highest BCUT2D eigenvalue weighted by molar-refractivity contribution is 5.94. The van der Waals surface area contributed by atoms with E-state index in [0.717, 1.165) is 16.8 Å². The number of ether oxygens (including phenoxy) is 1. The normalized spacial score (nSPS) is 11.4. The largest absolute Gasteiger partial charge is 0.480 e. The van der Waals surface area contributed by atoms with Gasteiger partial charge in [0.1, 0.15) is 11.8 Å². The van der Waals surface area contributed by atoms with Gasteiger partial charge in [0, 0.05) is 5.69 Å². The molecule has 1 unspecified atom stereocenters. The maximum absolute atomic E-state index is 12.3. The molecule has 0 aromatic heterocycles. The molecule has 112 valence electrons. The zero-order valence-electron chi connectivity index (χ0n) is 12.9. The van der Waals surface area contributed by atoms with Crippen molar-refractivity contribution in [2.24, 2.45) is 0 Å². The van der Waals surface area contributed by atoms with Gasteiger partial charge < -0.3 is 10.1 Å². The lowest BCUT2D eigenvalue weighted by molar-refractivity contribution is -0.122. The minimum atomic E-state index is -0.700. The molecular formula is C18H18N2O2. The standard InChI is InChI=1S/C18H18N2O2/c1-12-8-9-13(2)16(10-12)20-18(21)14(3)22-17-7-5-4-6-15(17)11-19/h4-10,14H,1-3H3,(H,20,21). The van der Waals surface area contributed by atoms with E-state index in [2.05, 4.69) is 5.32 Å². The smallest absolute Gasteiger partial charge is 0.265 e. The Morgan fingerprint density at radius 1 is 1.23 bits per heavy atom. The van der Waals surface area contributed by atoms with E-state index in [-0.39, 0.29) is 5.91 Å². The first-order valence-electron chi connectivity index (χ1n) is 7.05. The summed E-state index contributed by atoms with van der Waals surface area (Å²) >= 11 is 0. The topological polar surface area (TPSA) is 62.1 Å². The van der Waals surface area contributed by atoms with Crippen LogP contribution in [0.2, 0.25) is 0 Å². The fourth-order valence-electron chi connectivity index (χ4n) is 2.01. The van der Waals surface area contributed by atoms with Crippen LogP contribution in [0, 0.1) is 25.2 Å². The number of anilines is 1. The third-order valence-electron chi connectivity index (χ3n) is 3.33. The van der Waals surface area contributed by atoms with Crippen LogP contribution in [0.4, 0.5) is 5.69 Å². The number of carbonyl (C=O) groups excluding carboxylic acids is 1. The number of nitrogens with one attached hydrogen (secondary N) is 1. The van der Waals surface area contributed by atoms with Crippen molar-refractivity contribution in [3.05, 3.63) is 59.2 Å². The lowest BCUT2D eigenvalue weighted by atomic mass is 10.1. The van der Waals surface area contributed by atoms with Crippen LogP contribution < -0.4 is 10.1 Å². The van der Waals surface area contributed by atoms with Crippen molar-refractivity contribution in [3.8, 4) is 11.8 Å². The van der Waals surface area contributed by atoms with Gasteiger partial charge in [0.25, 0.3) is 5.91 Å². The number of aryl methyl sites for hydroxylation is 2. The van der Waals surface area contributed by atoms with Gasteiger partial charge in [-0.1, -0.05) is 24.3 Å². The Kier molecular flexibility index (Phi) is 4.80. The molecule has 0 heterocycles. The van der Waals surface area contributed by atoms with Crippen LogP contribution in [0.1, 0.15) is 23.6 Å². The number of hydrogen-bond donors (Lipinski definition) is 1. The highest BCUT2D eigenvalue weighted by Gasteiger charge is 2.17. The molecule has 0 bridgehead atoms. The molecule has 0 saturated carbocycles. The number of amides is 1. The summed E-state index contributed by atoms with van der Waals surface area (Å²) in [6.45, 7) is 5.57. The van der Waals surface area contributed by atoms with Gasteiger partial charge in [0.05, 0.1) is 5.56 Å². The molecular weight excluding hydrogens is 276 g/mol. The van der Waals surface area contributed by atoms with E-state index < -0.39 is 6.10 Å². The Morgan fingerprint density at radius 3 is 2.68 bits per heavy atom. The molecule has 0 radical (unpaired) electrons. The van der Waals surface area contributed by atoms with Crippen LogP contribution in [0.5, 0.6) is 5.75 Å². The number of nitriles is 1. The molecule has 1 N–H and O–H groups in total. The number of para-hydroxylation sites is 1. The van der Waals surface area contributed by atoms with Gasteiger partial charge >= 0.3 is 0 Å². The maximum Gasteiger partial charge on any atom is 0.265 e. The minimum absolute atomic E-state index is 0.249. The summed E-state index contributed by atoms with van der Waals surface area (Å²) in [6.07, 6.45) is -0.700. The summed E-state index contributed by atoms with van der Waals surface area (Å²) in [7, 11) is 0. The van der Waals surface area contributed by atoms with Crippen LogP contribution in [0.25, 0.3) is 0 Å². The fourth-order valence-corrected chi connectivity index (χ4v) is 2.01. The fraction of sp³-hybridized carbons (Fsp3) is 0.222. The van der Waals surface area contributed by atoms with Gasteiger partial charge in [0.15, 0.2) is 6.10 Å². The quantitative estimate of drug-likeness (QED) is 0.937. The summed E-state index contributed by atoms with van der Waals surface area (Å²) < 4.78 is 5.61. The Bertz CT molecular complexity index is 732. The van der Waals surface area contributed by atoms with Crippen LogP contribution in [-0.4, -0.2) is 12.0 Å². The summed E-state index contributed by atoms with van der Waals surface area (Å²) in [6, 6.07) is 14.8. The molecule has 0 saturated heterocycles. The molecule has 1 amide bonds. The summed E-state index contributed by atoms with van der Waals surface area (Å²) in [5.41, 5.74) is 3.25. The average Bonchev–Trinajstić information content (AvgIpc) is 2.51. The van der Waals surface area contributed by atoms with Crippen molar-refractivity contribution >= 4 is 11.6 Å². The molecule has 0 spiro atoms. The molecule has 4 nitrogen and oxygen atoms in total. The number of hydrogen-bond acceptors (Lipinski definition) is 3. The van der Waals surface area contributed by atoms with E-state index in [1.165, 1.54) is 0 Å². The molecule has 4 heteroatoms. The second kappa shape index (κ2) is 6.77. The zero-order valence-corrected chi connectivity index (χ0v) is 12.9. The molecule has 0 aliphatic carbocycles. The Balaban J connectivity index is 2.10. The highest BCUT2D eigenvalue weighted by atomic mass is 16.5. The molecule has 2 rings (SSSR count). The number of carbonyl (C=O) groups is 1. The first-order chi connectivity index (χ1) is 10.5. The Hall–Kier alpha value is -2.80. The van der Waals surface area contributed by atoms with Crippen LogP contribution in [0.15, 0.2) is 42.5 Å². The molecule has 2 aromatic rings. The van der Waals surface area contributed by atoms with E-state index in [9.17, 15) is 4.79 Å². The second-order valence-corrected chi connectivity index (χ2v) is 5.18. The van der Waals surface area contributed by atoms with Crippen LogP contribution in [-0.2, 0) is 4.79 Å². The van der Waals surface area contributed by atoms with E-state index >= 15 is 0 Å². The summed E-state index contributed by atoms with van der Waals surface area (Å²) in [4.78, 5) is 12.3. The monoisotopic (exact) mass is 294 g/mol. The highest BCUT2D eigenvalue weighted by Crippen LogP contribution is 2.20. The average molecular weight is 294 g/mol. The van der Waals surface area contributed by atoms with Crippen molar-refractivity contribution in [2.45, 2.75) is 26.9 Å². The first kappa shape index (κ1) is 15.6. The van der Waals surface area contributed by atoms with Gasteiger partial charge in [-0.3, -0.25) is 4.79 Å². The van der Waals surface area contributed by atoms with E-state index in [1.807, 2.05) is 38.1 Å². The lowest BCUT2D eigenvalue weighted by Crippen LogP contribution is -2.30. The van der Waals surface area contributed by atoms with Gasteiger partial charge in [-0.05, 0) is 50.1 Å². The van der Waals surface area contributed by atoms with E-state index in [1.54, 1.807) is 31.2 Å². The SMILES string of the molecule is Cc1ccc(C)c(NC(=O)C(C)Oc2ccccc2C#N)c1. The van der Waals surface area contributed by atoms with Crippen molar-refractivity contribution in [1.82, 2.24) is 0 Å². The predicted molar refractivity (Wildman–Crippen MR) is 85.8 cm³/mol. The number of rotatable bonds is 4. The van der Waals surface area contributed by atoms with Crippen molar-refractivity contribution in [3.63, 3.8) is 0 Å². The minimum Gasteiger partial charge on any atom is -0.480 e. The maximum atomic E-state index is 12.3. The van der Waals surface area contributed by atoms with Crippen molar-refractivity contribution in [1.29, 1.82) is 5.26 Å². The summed E-state index contributed by atoms with van der Waals surface area (Å²) in [5.74, 6) is 0.162. The van der Waals surface area contributed by atoms with Gasteiger partial charge in [-0.25, -0.2) is 0 Å². The third kappa shape index (κ3) is 3.64. The molecule has 0 aliphatic heterocycles. The van der Waals surface area contributed by atoms with Crippen LogP contribution >= 0.6 is 0 Å². The first-order valence-corrected chi connectivity index (χ1v) is 7.05. The Morgan fingerprint density at radius 2 is 1.95 bits per heavy atom. The van der Waals surface area contributed by atoms with Gasteiger partial charge in [-0.15, -0.1) is 0 Å². The molecule has 22 heavy (non-hydrogen) atoms. The van der Waals surface area contributed by atoms with Crippen LogP contribution in [0.3, 0.4) is 0 Å².